The number of hydrogen-bond donors (Lipinski definition) is 0. The molecule has 0 saturated carbocycles. The molecule has 1 aliphatic heterocycles. The zero-order valence-electron chi connectivity index (χ0n) is 14.1. The van der Waals surface area contributed by atoms with Gasteiger partial charge in [-0.1, -0.05) is 30.3 Å². The fourth-order valence-electron chi connectivity index (χ4n) is 2.56. The Labute approximate surface area is 151 Å². The van der Waals surface area contributed by atoms with E-state index in [0.717, 1.165) is 22.8 Å². The molecule has 128 valence electrons. The summed E-state index contributed by atoms with van der Waals surface area (Å²) < 4.78 is 11.7. The largest absolute Gasteiger partial charge is 0.488 e. The molecule has 0 N–H and O–H groups in total. The second-order valence-electron chi connectivity index (χ2n) is 5.64. The van der Waals surface area contributed by atoms with Crippen LogP contribution in [0, 0.1) is 0 Å². The monoisotopic (exact) mass is 343 g/mol. The fraction of sp³-hybridized carbons (Fsp3) is 0.0952. The molecule has 0 atom stereocenters. The highest BCUT2D eigenvalue weighted by atomic mass is 16.5. The molecule has 2 heterocycles. The minimum absolute atomic E-state index is 0.413. The summed E-state index contributed by atoms with van der Waals surface area (Å²) in [5.41, 5.74) is 3.01. The van der Waals surface area contributed by atoms with Crippen LogP contribution >= 0.6 is 0 Å². The van der Waals surface area contributed by atoms with Crippen molar-refractivity contribution in [1.82, 2.24) is 4.98 Å². The van der Waals surface area contributed by atoms with Gasteiger partial charge in [0.2, 0.25) is 0 Å². The molecule has 5 nitrogen and oxygen atoms in total. The average Bonchev–Trinajstić information content (AvgIpc) is 2.69. The molecule has 1 aliphatic rings. The summed E-state index contributed by atoms with van der Waals surface area (Å²) in [5.74, 6) is 1.42. The third kappa shape index (κ3) is 3.78. The molecule has 2 aromatic carbocycles. The molecule has 0 spiro atoms. The van der Waals surface area contributed by atoms with E-state index in [1.165, 1.54) is 0 Å². The first-order valence-electron chi connectivity index (χ1n) is 8.37. The Morgan fingerprint density at radius 3 is 1.62 bits per heavy atom. The van der Waals surface area contributed by atoms with Crippen molar-refractivity contribution in [3.05, 3.63) is 78.1 Å². The van der Waals surface area contributed by atoms with Crippen molar-refractivity contribution in [3.8, 4) is 11.5 Å². The number of aromatic nitrogens is 1. The molecule has 2 bridgehead atoms. The van der Waals surface area contributed by atoms with Gasteiger partial charge in [0.15, 0.2) is 0 Å². The van der Waals surface area contributed by atoms with Gasteiger partial charge in [0.25, 0.3) is 0 Å². The van der Waals surface area contributed by atoms with Gasteiger partial charge >= 0.3 is 0 Å². The Morgan fingerprint density at radius 1 is 0.577 bits per heavy atom. The summed E-state index contributed by atoms with van der Waals surface area (Å²) in [6, 6.07) is 21.0. The van der Waals surface area contributed by atoms with E-state index in [4.69, 9.17) is 9.47 Å². The van der Waals surface area contributed by atoms with Crippen molar-refractivity contribution in [2.45, 2.75) is 0 Å². The van der Waals surface area contributed by atoms with Gasteiger partial charge in [0, 0.05) is 0 Å². The van der Waals surface area contributed by atoms with Gasteiger partial charge < -0.3 is 9.47 Å². The van der Waals surface area contributed by atoms with E-state index in [1.807, 2.05) is 66.7 Å². The number of nitrogens with zero attached hydrogens (tertiary/aromatic N) is 3. The molecular weight excluding hydrogens is 326 g/mol. The van der Waals surface area contributed by atoms with Crippen LogP contribution in [0.15, 0.2) is 76.7 Å². The third-order valence-electron chi connectivity index (χ3n) is 3.79. The quantitative estimate of drug-likeness (QED) is 0.609. The van der Waals surface area contributed by atoms with Crippen LogP contribution in [-0.4, -0.2) is 30.6 Å². The normalized spacial score (nSPS) is 13.4. The Morgan fingerprint density at radius 2 is 1.08 bits per heavy atom. The molecule has 26 heavy (non-hydrogen) atoms. The highest BCUT2D eigenvalue weighted by Gasteiger charge is 2.05. The number of rotatable bonds is 0. The molecule has 0 amide bonds. The van der Waals surface area contributed by atoms with Crippen LogP contribution in [0.4, 0.5) is 11.4 Å². The van der Waals surface area contributed by atoms with Crippen LogP contribution in [-0.2, 0) is 0 Å². The van der Waals surface area contributed by atoms with E-state index >= 15 is 0 Å². The smallest absolute Gasteiger partial charge is 0.145 e. The Kier molecular flexibility index (Phi) is 4.69. The van der Waals surface area contributed by atoms with E-state index in [-0.39, 0.29) is 0 Å². The molecule has 0 aliphatic carbocycles. The molecular formula is C21H17N3O2. The van der Waals surface area contributed by atoms with Gasteiger partial charge in [0.1, 0.15) is 36.1 Å². The van der Waals surface area contributed by atoms with Crippen molar-refractivity contribution in [2.75, 3.05) is 13.2 Å². The summed E-state index contributed by atoms with van der Waals surface area (Å²) in [7, 11) is 0. The molecule has 3 aromatic rings. The lowest BCUT2D eigenvalue weighted by atomic mass is 10.3. The predicted molar refractivity (Wildman–Crippen MR) is 103 cm³/mol. The first-order valence-corrected chi connectivity index (χ1v) is 8.37. The number of para-hydroxylation sites is 4. The zero-order valence-corrected chi connectivity index (χ0v) is 14.1. The van der Waals surface area contributed by atoms with E-state index < -0.39 is 0 Å². The van der Waals surface area contributed by atoms with Gasteiger partial charge in [-0.3, -0.25) is 9.98 Å². The standard InChI is InChI=1S/C21H17N3O2/c1-3-10-20-18(8-1)22-14-16-6-5-7-17(24-16)15-23-19-9-2-4-11-21(19)26-13-12-25-20/h1-11,14-15H,12-13H2. The summed E-state index contributed by atoms with van der Waals surface area (Å²) in [6.07, 6.45) is 3.45. The molecule has 0 saturated heterocycles. The number of fused-ring (bicyclic) bond motifs is 4. The van der Waals surface area contributed by atoms with Crippen molar-refractivity contribution < 1.29 is 9.47 Å². The van der Waals surface area contributed by atoms with Gasteiger partial charge in [-0.05, 0) is 36.4 Å². The van der Waals surface area contributed by atoms with Crippen LogP contribution < -0.4 is 9.47 Å². The van der Waals surface area contributed by atoms with E-state index in [1.54, 1.807) is 12.4 Å². The summed E-state index contributed by atoms with van der Waals surface area (Å²) in [6.45, 7) is 0.827. The van der Waals surface area contributed by atoms with Crippen molar-refractivity contribution in [2.24, 2.45) is 9.98 Å². The van der Waals surface area contributed by atoms with Crippen LogP contribution in [0.25, 0.3) is 0 Å². The first-order chi connectivity index (χ1) is 12.9. The zero-order chi connectivity index (χ0) is 17.6. The average molecular weight is 343 g/mol. The van der Waals surface area contributed by atoms with Crippen molar-refractivity contribution >= 4 is 23.8 Å². The Hall–Kier alpha value is -3.47. The highest BCUT2D eigenvalue weighted by Crippen LogP contribution is 2.28. The minimum atomic E-state index is 0.413. The van der Waals surface area contributed by atoms with E-state index in [0.29, 0.717) is 24.7 Å². The fourth-order valence-corrected chi connectivity index (χ4v) is 2.56. The van der Waals surface area contributed by atoms with E-state index in [9.17, 15) is 0 Å². The third-order valence-corrected chi connectivity index (χ3v) is 3.79. The second-order valence-corrected chi connectivity index (χ2v) is 5.64. The molecule has 1 aromatic heterocycles. The summed E-state index contributed by atoms with van der Waals surface area (Å²) >= 11 is 0. The van der Waals surface area contributed by atoms with Crippen molar-refractivity contribution in [3.63, 3.8) is 0 Å². The van der Waals surface area contributed by atoms with Crippen molar-refractivity contribution in [1.29, 1.82) is 0 Å². The lowest BCUT2D eigenvalue weighted by Crippen LogP contribution is -2.09. The number of aliphatic imine (C=N–C) groups is 2. The molecule has 0 radical (unpaired) electrons. The molecule has 0 unspecified atom stereocenters. The van der Waals surface area contributed by atoms with Gasteiger partial charge in [-0.25, -0.2) is 4.98 Å². The van der Waals surface area contributed by atoms with Gasteiger partial charge in [0.05, 0.1) is 23.8 Å². The maximum absolute atomic E-state index is 5.84. The number of pyridine rings is 1. The minimum Gasteiger partial charge on any atom is -0.488 e. The molecule has 0 fully saturated rings. The van der Waals surface area contributed by atoms with Gasteiger partial charge in [-0.15, -0.1) is 0 Å². The lowest BCUT2D eigenvalue weighted by Gasteiger charge is -2.11. The van der Waals surface area contributed by atoms with Gasteiger partial charge in [-0.2, -0.15) is 0 Å². The highest BCUT2D eigenvalue weighted by molar-refractivity contribution is 5.84. The lowest BCUT2D eigenvalue weighted by molar-refractivity contribution is 0.218. The first kappa shape index (κ1) is 16.0. The maximum atomic E-state index is 5.84. The second kappa shape index (κ2) is 7.61. The summed E-state index contributed by atoms with van der Waals surface area (Å²) in [5, 5.41) is 0. The van der Waals surface area contributed by atoms with Crippen LogP contribution in [0.2, 0.25) is 0 Å². The van der Waals surface area contributed by atoms with E-state index in [2.05, 4.69) is 15.0 Å². The van der Waals surface area contributed by atoms with Crippen LogP contribution in [0.3, 0.4) is 0 Å². The Bertz CT molecular complexity index is 892. The topological polar surface area (TPSA) is 56.1 Å². The van der Waals surface area contributed by atoms with Crippen LogP contribution in [0.5, 0.6) is 11.5 Å². The number of benzene rings is 2. The number of ether oxygens (including phenoxy) is 2. The maximum Gasteiger partial charge on any atom is 0.145 e. The van der Waals surface area contributed by atoms with Crippen LogP contribution in [0.1, 0.15) is 11.4 Å². The number of hydrogen-bond acceptors (Lipinski definition) is 5. The molecule has 5 heteroatoms. The SMILES string of the molecule is C1=Nc2ccccc2OCCOc2ccccc2N=Cc2cccc1n2. The summed E-state index contributed by atoms with van der Waals surface area (Å²) in [4.78, 5) is 13.6. The predicted octanol–water partition coefficient (Wildman–Crippen LogP) is 4.35. The Balaban J connectivity index is 1.74. The molecule has 4 rings (SSSR count).